The van der Waals surface area contributed by atoms with Crippen LogP contribution in [0.15, 0.2) is 24.3 Å². The lowest BCUT2D eigenvalue weighted by atomic mass is 10.1. The molecule has 0 heterocycles. The third-order valence-electron chi connectivity index (χ3n) is 2.86. The summed E-state index contributed by atoms with van der Waals surface area (Å²) in [6, 6.07) is 5.57. The van der Waals surface area contributed by atoms with Gasteiger partial charge in [-0.15, -0.1) is 0 Å². The Morgan fingerprint density at radius 2 is 2.05 bits per heavy atom. The molecule has 1 rings (SSSR count). The summed E-state index contributed by atoms with van der Waals surface area (Å²) in [4.78, 5) is 23.6. The predicted molar refractivity (Wildman–Crippen MR) is 81.3 cm³/mol. The summed E-state index contributed by atoms with van der Waals surface area (Å²) in [5, 5.41) is 8.69. The number of nitrogens with zero attached hydrogens (tertiary/aromatic N) is 1. The van der Waals surface area contributed by atoms with E-state index in [4.69, 9.17) is 9.84 Å². The molecule has 0 aliphatic heterocycles. The number of hydrogen-bond acceptors (Lipinski definition) is 3. The molecular formula is C16H21NO4. The van der Waals surface area contributed by atoms with E-state index in [2.05, 4.69) is 0 Å². The van der Waals surface area contributed by atoms with Gasteiger partial charge in [0.25, 0.3) is 0 Å². The van der Waals surface area contributed by atoms with E-state index in [1.165, 1.54) is 6.08 Å². The van der Waals surface area contributed by atoms with Gasteiger partial charge in [0.15, 0.2) is 0 Å². The first-order valence-electron chi connectivity index (χ1n) is 6.74. The van der Waals surface area contributed by atoms with Crippen LogP contribution in [-0.2, 0) is 9.59 Å². The maximum atomic E-state index is 11.4. The number of carbonyl (C=O) groups excluding carboxylic acids is 1. The molecule has 0 aromatic heterocycles. The number of ether oxygens (including phenoxy) is 1. The van der Waals surface area contributed by atoms with Crippen molar-refractivity contribution in [1.82, 2.24) is 4.90 Å². The van der Waals surface area contributed by atoms with Crippen molar-refractivity contribution in [3.8, 4) is 5.75 Å². The number of rotatable bonds is 7. The number of aliphatic carboxylic acids is 1. The smallest absolute Gasteiger partial charge is 0.328 e. The zero-order chi connectivity index (χ0) is 15.8. The summed E-state index contributed by atoms with van der Waals surface area (Å²) >= 11 is 0. The molecular weight excluding hydrogens is 270 g/mol. The van der Waals surface area contributed by atoms with Crippen LogP contribution in [0.5, 0.6) is 5.75 Å². The Hall–Kier alpha value is -2.30. The summed E-state index contributed by atoms with van der Waals surface area (Å²) in [5.41, 5.74) is 1.74. The van der Waals surface area contributed by atoms with E-state index in [0.717, 1.165) is 17.2 Å². The van der Waals surface area contributed by atoms with Crippen molar-refractivity contribution >= 4 is 18.0 Å². The van der Waals surface area contributed by atoms with E-state index in [1.807, 2.05) is 25.1 Å². The highest BCUT2D eigenvalue weighted by Gasteiger charge is 2.05. The van der Waals surface area contributed by atoms with Crippen LogP contribution in [0.1, 0.15) is 24.0 Å². The fraction of sp³-hybridized carbons (Fsp3) is 0.375. The van der Waals surface area contributed by atoms with E-state index < -0.39 is 5.97 Å². The van der Waals surface area contributed by atoms with Crippen LogP contribution in [0.4, 0.5) is 0 Å². The highest BCUT2D eigenvalue weighted by atomic mass is 16.5. The molecule has 1 amide bonds. The number of carbonyl (C=O) groups is 2. The zero-order valence-corrected chi connectivity index (χ0v) is 12.6. The van der Waals surface area contributed by atoms with E-state index in [9.17, 15) is 9.59 Å². The Morgan fingerprint density at radius 1 is 1.33 bits per heavy atom. The van der Waals surface area contributed by atoms with Crippen molar-refractivity contribution in [3.63, 3.8) is 0 Å². The van der Waals surface area contributed by atoms with Gasteiger partial charge in [0.2, 0.25) is 5.91 Å². The van der Waals surface area contributed by atoms with Crippen LogP contribution < -0.4 is 4.74 Å². The number of hydrogen-bond donors (Lipinski definition) is 1. The quantitative estimate of drug-likeness (QED) is 0.618. The summed E-state index contributed by atoms with van der Waals surface area (Å²) in [6.07, 6.45) is 3.64. The van der Waals surface area contributed by atoms with Gasteiger partial charge in [0.1, 0.15) is 5.75 Å². The minimum absolute atomic E-state index is 0.0634. The summed E-state index contributed by atoms with van der Waals surface area (Å²) < 4.78 is 5.64. The van der Waals surface area contributed by atoms with Gasteiger partial charge in [0.05, 0.1) is 6.61 Å². The normalized spacial score (nSPS) is 10.6. The molecule has 5 heteroatoms. The molecule has 1 N–H and O–H groups in total. The van der Waals surface area contributed by atoms with Crippen molar-refractivity contribution in [3.05, 3.63) is 35.4 Å². The second-order valence-electron chi connectivity index (χ2n) is 4.95. The maximum absolute atomic E-state index is 11.4. The van der Waals surface area contributed by atoms with Crippen LogP contribution in [0, 0.1) is 6.92 Å². The highest BCUT2D eigenvalue weighted by Crippen LogP contribution is 2.22. The average Bonchev–Trinajstić information content (AvgIpc) is 2.42. The first-order chi connectivity index (χ1) is 9.90. The molecule has 5 nitrogen and oxygen atoms in total. The van der Waals surface area contributed by atoms with E-state index in [-0.39, 0.29) is 5.91 Å². The summed E-state index contributed by atoms with van der Waals surface area (Å²) in [7, 11) is 3.44. The predicted octanol–water partition coefficient (Wildman–Crippen LogP) is 2.34. The van der Waals surface area contributed by atoms with E-state index >= 15 is 0 Å². The van der Waals surface area contributed by atoms with E-state index in [0.29, 0.717) is 25.2 Å². The van der Waals surface area contributed by atoms with Crippen LogP contribution in [0.25, 0.3) is 6.08 Å². The zero-order valence-electron chi connectivity index (χ0n) is 12.6. The lowest BCUT2D eigenvalue weighted by molar-refractivity contribution is -0.131. The maximum Gasteiger partial charge on any atom is 0.328 e. The first kappa shape index (κ1) is 16.8. The molecule has 1 aromatic rings. The van der Waals surface area contributed by atoms with Crippen molar-refractivity contribution in [2.75, 3.05) is 20.7 Å². The molecule has 21 heavy (non-hydrogen) atoms. The van der Waals surface area contributed by atoms with Crippen molar-refractivity contribution < 1.29 is 19.4 Å². The fourth-order valence-corrected chi connectivity index (χ4v) is 1.72. The van der Waals surface area contributed by atoms with Gasteiger partial charge >= 0.3 is 5.97 Å². The van der Waals surface area contributed by atoms with Crippen molar-refractivity contribution in [2.45, 2.75) is 19.8 Å². The third kappa shape index (κ3) is 6.12. The first-order valence-corrected chi connectivity index (χ1v) is 6.74. The Labute approximate surface area is 124 Å². The molecule has 114 valence electrons. The molecule has 0 saturated carbocycles. The molecule has 0 unspecified atom stereocenters. The topological polar surface area (TPSA) is 66.8 Å². The second-order valence-corrected chi connectivity index (χ2v) is 4.95. The highest BCUT2D eigenvalue weighted by molar-refractivity contribution is 5.86. The minimum atomic E-state index is -1.00. The number of carboxylic acids is 1. The van der Waals surface area contributed by atoms with Gasteiger partial charge in [-0.05, 0) is 31.6 Å². The second kappa shape index (κ2) is 8.09. The van der Waals surface area contributed by atoms with Gasteiger partial charge in [-0.25, -0.2) is 4.79 Å². The monoisotopic (exact) mass is 291 g/mol. The number of aryl methyl sites for hydroxylation is 1. The molecule has 0 spiro atoms. The molecule has 0 aliphatic carbocycles. The van der Waals surface area contributed by atoms with E-state index in [1.54, 1.807) is 19.0 Å². The van der Waals surface area contributed by atoms with Gasteiger partial charge in [-0.2, -0.15) is 0 Å². The summed E-state index contributed by atoms with van der Waals surface area (Å²) in [5.74, 6) is -0.317. The van der Waals surface area contributed by atoms with Gasteiger partial charge in [0, 0.05) is 32.2 Å². The third-order valence-corrected chi connectivity index (χ3v) is 2.86. The largest absolute Gasteiger partial charge is 0.493 e. The van der Waals surface area contributed by atoms with Crippen LogP contribution in [-0.4, -0.2) is 42.6 Å². The van der Waals surface area contributed by atoms with Gasteiger partial charge in [-0.3, -0.25) is 4.79 Å². The lowest BCUT2D eigenvalue weighted by Gasteiger charge is -2.12. The van der Waals surface area contributed by atoms with Crippen molar-refractivity contribution in [2.24, 2.45) is 0 Å². The Balaban J connectivity index is 2.62. The lowest BCUT2D eigenvalue weighted by Crippen LogP contribution is -2.21. The standard InChI is InChI=1S/C16H21NO4/c1-12-6-8-14(13(11-12)7-9-16(19)20)21-10-4-5-15(18)17(2)3/h6-9,11H,4-5,10H2,1-3H3,(H,19,20). The average molecular weight is 291 g/mol. The molecule has 0 aliphatic rings. The summed E-state index contributed by atoms with van der Waals surface area (Å²) in [6.45, 7) is 2.34. The number of carboxylic acid groups (broad SMARTS) is 1. The fourth-order valence-electron chi connectivity index (χ4n) is 1.72. The van der Waals surface area contributed by atoms with Gasteiger partial charge < -0.3 is 14.7 Å². The SMILES string of the molecule is Cc1ccc(OCCCC(=O)N(C)C)c(C=CC(=O)O)c1. The molecule has 1 aromatic carbocycles. The number of amides is 1. The molecule has 0 bridgehead atoms. The minimum Gasteiger partial charge on any atom is -0.493 e. The van der Waals surface area contributed by atoms with Crippen LogP contribution in [0.3, 0.4) is 0 Å². The molecule has 0 atom stereocenters. The van der Waals surface area contributed by atoms with Gasteiger partial charge in [-0.1, -0.05) is 11.6 Å². The van der Waals surface area contributed by atoms with Crippen LogP contribution >= 0.6 is 0 Å². The Kier molecular flexibility index (Phi) is 6.46. The Morgan fingerprint density at radius 3 is 2.67 bits per heavy atom. The van der Waals surface area contributed by atoms with Crippen LogP contribution in [0.2, 0.25) is 0 Å². The molecule has 0 radical (unpaired) electrons. The molecule has 0 fully saturated rings. The molecule has 0 saturated heterocycles. The number of benzene rings is 1. The Bertz CT molecular complexity index is 535. The van der Waals surface area contributed by atoms with Crippen molar-refractivity contribution in [1.29, 1.82) is 0 Å².